The Morgan fingerprint density at radius 2 is 1.89 bits per heavy atom. The fourth-order valence-corrected chi connectivity index (χ4v) is 5.11. The van der Waals surface area contributed by atoms with Crippen molar-refractivity contribution in [3.05, 3.63) is 65.2 Å². The van der Waals surface area contributed by atoms with Gasteiger partial charge in [0.15, 0.2) is 0 Å². The number of carbonyl (C=O) groups is 2. The number of halogens is 3. The lowest BCUT2D eigenvalue weighted by Crippen LogP contribution is -2.48. The van der Waals surface area contributed by atoms with Crippen molar-refractivity contribution in [3.8, 4) is 0 Å². The van der Waals surface area contributed by atoms with Crippen molar-refractivity contribution >= 4 is 18.0 Å². The van der Waals surface area contributed by atoms with Gasteiger partial charge in [0.2, 0.25) is 12.3 Å². The predicted octanol–water partition coefficient (Wildman–Crippen LogP) is 5.46. The third-order valence-corrected chi connectivity index (χ3v) is 6.81. The van der Waals surface area contributed by atoms with E-state index in [1.165, 1.54) is 18.2 Å². The summed E-state index contributed by atoms with van der Waals surface area (Å²) in [4.78, 5) is 23.4. The molecule has 3 unspecified atom stereocenters. The van der Waals surface area contributed by atoms with E-state index in [4.69, 9.17) is 5.73 Å². The van der Waals surface area contributed by atoms with Crippen molar-refractivity contribution < 1.29 is 22.8 Å². The summed E-state index contributed by atoms with van der Waals surface area (Å²) in [6, 6.07) is 13.6. The highest BCUT2D eigenvalue weighted by Gasteiger charge is 2.47. The zero-order valence-electron chi connectivity index (χ0n) is 20.6. The summed E-state index contributed by atoms with van der Waals surface area (Å²) in [5.74, 6) is -2.04. The van der Waals surface area contributed by atoms with Crippen LogP contribution in [0.3, 0.4) is 0 Å². The van der Waals surface area contributed by atoms with Gasteiger partial charge in [-0.05, 0) is 60.4 Å². The summed E-state index contributed by atoms with van der Waals surface area (Å²) in [6.07, 6.45) is -3.37. The Bertz CT molecular complexity index is 980. The molecule has 8 heteroatoms. The van der Waals surface area contributed by atoms with Gasteiger partial charge in [-0.3, -0.25) is 9.59 Å². The zero-order chi connectivity index (χ0) is 26.1. The van der Waals surface area contributed by atoms with Gasteiger partial charge < -0.3 is 16.4 Å². The molecule has 0 bridgehead atoms. The minimum atomic E-state index is -4.45. The van der Waals surface area contributed by atoms with E-state index in [9.17, 15) is 22.8 Å². The van der Waals surface area contributed by atoms with Gasteiger partial charge in [0.1, 0.15) is 0 Å². The van der Waals surface area contributed by atoms with Crippen LogP contribution in [0.1, 0.15) is 68.1 Å². The summed E-state index contributed by atoms with van der Waals surface area (Å²) in [6.45, 7) is 6.60. The van der Waals surface area contributed by atoms with Gasteiger partial charge in [-0.1, -0.05) is 50.2 Å². The van der Waals surface area contributed by atoms with Crippen molar-refractivity contribution in [2.45, 2.75) is 64.5 Å². The fourth-order valence-electron chi connectivity index (χ4n) is 5.11. The lowest BCUT2D eigenvalue weighted by atomic mass is 9.62. The number of nitrogens with one attached hydrogen (secondary N) is 2. The van der Waals surface area contributed by atoms with Gasteiger partial charge in [0.05, 0.1) is 5.92 Å². The van der Waals surface area contributed by atoms with E-state index in [0.29, 0.717) is 19.4 Å². The molecule has 2 aromatic carbocycles. The summed E-state index contributed by atoms with van der Waals surface area (Å²) >= 11 is 0. The average molecular weight is 492 g/mol. The molecule has 0 spiro atoms. The molecule has 3 rings (SSSR count). The Labute approximate surface area is 205 Å². The van der Waals surface area contributed by atoms with Crippen LogP contribution in [-0.4, -0.2) is 31.6 Å². The quantitative estimate of drug-likeness (QED) is 0.248. The van der Waals surface area contributed by atoms with Crippen LogP contribution in [0.25, 0.3) is 0 Å². The van der Waals surface area contributed by atoms with Crippen molar-refractivity contribution in [3.63, 3.8) is 0 Å². The molecule has 1 saturated heterocycles. The Hall–Kier alpha value is -3.03. The molecule has 3 atom stereocenters. The second kappa shape index (κ2) is 12.6. The molecule has 1 aliphatic rings. The minimum Gasteiger partial charge on any atom is -0.399 e. The number of hydrogen-bond donors (Lipinski definition) is 3. The van der Waals surface area contributed by atoms with Crippen molar-refractivity contribution in [2.24, 2.45) is 5.41 Å². The number of anilines is 1. The Morgan fingerprint density at radius 1 is 1.17 bits per heavy atom. The number of carbonyl (C=O) groups excluding carboxylic acids is 2. The van der Waals surface area contributed by atoms with Gasteiger partial charge >= 0.3 is 6.18 Å². The molecule has 2 aromatic rings. The molecule has 0 aliphatic carbocycles. The molecule has 2 amide bonds. The molecule has 192 valence electrons. The first-order valence-electron chi connectivity index (χ1n) is 12.1. The topological polar surface area (TPSA) is 84.2 Å². The number of alkyl halides is 3. The molecule has 0 aromatic heterocycles. The van der Waals surface area contributed by atoms with Crippen LogP contribution >= 0.6 is 0 Å². The Balaban J connectivity index is 0.00000210. The lowest BCUT2D eigenvalue weighted by molar-refractivity contribution is -0.154. The highest BCUT2D eigenvalue weighted by atomic mass is 19.4. The molecule has 1 heterocycles. The van der Waals surface area contributed by atoms with Gasteiger partial charge in [-0.2, -0.15) is 13.2 Å². The zero-order valence-corrected chi connectivity index (χ0v) is 20.6. The van der Waals surface area contributed by atoms with E-state index in [1.54, 1.807) is 6.07 Å². The van der Waals surface area contributed by atoms with Crippen LogP contribution in [0.2, 0.25) is 0 Å². The number of benzene rings is 2. The number of hydrogen-bond acceptors (Lipinski definition) is 3. The first-order chi connectivity index (χ1) is 16.7. The highest BCUT2D eigenvalue weighted by Crippen LogP contribution is 2.51. The SMILES string of the molecule is CC.Cc1ccccc1C1CNC(=O)CC1(CCNC=O)CCC(c1cccc(N)c1)C(F)(F)F. The maximum Gasteiger partial charge on any atom is 0.395 e. The number of aryl methyl sites for hydroxylation is 1. The van der Waals surface area contributed by atoms with Gasteiger partial charge in [-0.25, -0.2) is 0 Å². The number of rotatable bonds is 9. The van der Waals surface area contributed by atoms with E-state index in [2.05, 4.69) is 10.6 Å². The summed E-state index contributed by atoms with van der Waals surface area (Å²) in [5.41, 5.74) is 7.46. The minimum absolute atomic E-state index is 0.105. The molecule has 1 aliphatic heterocycles. The van der Waals surface area contributed by atoms with E-state index >= 15 is 0 Å². The summed E-state index contributed by atoms with van der Waals surface area (Å²) in [5, 5.41) is 5.52. The molecular weight excluding hydrogens is 455 g/mol. The fraction of sp³-hybridized carbons (Fsp3) is 0.481. The van der Waals surface area contributed by atoms with E-state index in [1.807, 2.05) is 45.0 Å². The third-order valence-electron chi connectivity index (χ3n) is 6.81. The van der Waals surface area contributed by atoms with Crippen molar-refractivity contribution in [2.75, 3.05) is 18.8 Å². The van der Waals surface area contributed by atoms with Crippen LogP contribution in [0.15, 0.2) is 48.5 Å². The molecule has 0 saturated carbocycles. The number of piperidine rings is 1. The number of nitrogen functional groups attached to an aromatic ring is 1. The van der Waals surface area contributed by atoms with Crippen LogP contribution < -0.4 is 16.4 Å². The van der Waals surface area contributed by atoms with Crippen molar-refractivity contribution in [1.82, 2.24) is 10.6 Å². The van der Waals surface area contributed by atoms with E-state index < -0.39 is 17.5 Å². The van der Waals surface area contributed by atoms with Gasteiger partial charge in [-0.15, -0.1) is 0 Å². The van der Waals surface area contributed by atoms with Crippen LogP contribution in [0.5, 0.6) is 0 Å². The van der Waals surface area contributed by atoms with E-state index in [0.717, 1.165) is 11.1 Å². The molecule has 4 N–H and O–H groups in total. The van der Waals surface area contributed by atoms with E-state index in [-0.39, 0.29) is 48.9 Å². The normalized spacial score (nSPS) is 20.7. The summed E-state index contributed by atoms with van der Waals surface area (Å²) in [7, 11) is 0. The largest absolute Gasteiger partial charge is 0.399 e. The van der Waals surface area contributed by atoms with Crippen molar-refractivity contribution in [1.29, 1.82) is 0 Å². The molecule has 1 fully saturated rings. The lowest BCUT2D eigenvalue weighted by Gasteiger charge is -2.45. The van der Waals surface area contributed by atoms with Crippen LogP contribution in [0, 0.1) is 12.3 Å². The predicted molar refractivity (Wildman–Crippen MR) is 133 cm³/mol. The molecular formula is C27H36F3N3O2. The second-order valence-electron chi connectivity index (χ2n) is 8.88. The molecule has 0 radical (unpaired) electrons. The standard InChI is InChI=1S/C25H30F3N3O2.C2H6/c1-17-5-2-3-8-20(17)22-15-31-23(33)14-24(22,11-12-30-16-32)10-9-21(25(26,27)28)18-6-4-7-19(29)13-18;1-2/h2-8,13,16,21-22H,9-12,14-15,29H2,1H3,(H,30,32)(H,31,33);1-2H3. The Morgan fingerprint density at radius 3 is 2.51 bits per heavy atom. The van der Waals surface area contributed by atoms with Crippen LogP contribution in [-0.2, 0) is 9.59 Å². The number of nitrogens with two attached hydrogens (primary N) is 1. The number of amides is 2. The highest BCUT2D eigenvalue weighted by molar-refractivity contribution is 5.78. The summed E-state index contributed by atoms with van der Waals surface area (Å²) < 4.78 is 42.3. The smallest absolute Gasteiger partial charge is 0.395 e. The second-order valence-corrected chi connectivity index (χ2v) is 8.88. The average Bonchev–Trinajstić information content (AvgIpc) is 2.81. The monoisotopic (exact) mass is 491 g/mol. The maximum absolute atomic E-state index is 14.1. The maximum atomic E-state index is 14.1. The first kappa shape index (κ1) is 28.2. The van der Waals surface area contributed by atoms with Crippen LogP contribution in [0.4, 0.5) is 18.9 Å². The third kappa shape index (κ3) is 7.23. The molecule has 5 nitrogen and oxygen atoms in total. The van der Waals surface area contributed by atoms with Gasteiger partial charge in [0.25, 0.3) is 0 Å². The molecule has 35 heavy (non-hydrogen) atoms. The first-order valence-corrected chi connectivity index (χ1v) is 12.1. The van der Waals surface area contributed by atoms with Gasteiger partial charge in [0, 0.05) is 31.1 Å². The Kier molecular flexibility index (Phi) is 10.2.